The number of nitrogens with one attached hydrogen (secondary N) is 1. The molecule has 0 bridgehead atoms. The van der Waals surface area contributed by atoms with E-state index in [1.807, 2.05) is 49.4 Å². The van der Waals surface area contributed by atoms with Crippen LogP contribution in [-0.2, 0) is 4.79 Å². The van der Waals surface area contributed by atoms with Gasteiger partial charge in [0.05, 0.1) is 16.8 Å². The predicted molar refractivity (Wildman–Crippen MR) is 83.0 cm³/mol. The van der Waals surface area contributed by atoms with Gasteiger partial charge >= 0.3 is 0 Å². The van der Waals surface area contributed by atoms with Crippen molar-refractivity contribution in [2.24, 2.45) is 0 Å². The Morgan fingerprint density at radius 3 is 2.70 bits per heavy atom. The van der Waals surface area contributed by atoms with Crippen LogP contribution in [0.4, 0.5) is 0 Å². The lowest BCUT2D eigenvalue weighted by Crippen LogP contribution is -2.28. The highest BCUT2D eigenvalue weighted by Crippen LogP contribution is 2.17. The quantitative estimate of drug-likeness (QED) is 0.856. The van der Waals surface area contributed by atoms with Crippen molar-refractivity contribution in [3.8, 4) is 0 Å². The van der Waals surface area contributed by atoms with Gasteiger partial charge in [0.25, 0.3) is 0 Å². The average Bonchev–Trinajstić information content (AvgIpc) is 2.47. The number of rotatable bonds is 5. The van der Waals surface area contributed by atoms with Crippen LogP contribution in [-0.4, -0.2) is 16.6 Å². The lowest BCUT2D eigenvalue weighted by atomic mass is 10.1. The minimum absolute atomic E-state index is 0.0110. The van der Waals surface area contributed by atoms with Gasteiger partial charge in [0, 0.05) is 11.2 Å². The SMILES string of the molecule is CC(NC(=O)CSc1ccccn1)c1ccc(Cl)cc1. The first kappa shape index (κ1) is 14.9. The van der Waals surface area contributed by atoms with E-state index < -0.39 is 0 Å². The molecule has 0 aliphatic rings. The van der Waals surface area contributed by atoms with Crippen LogP contribution in [0.15, 0.2) is 53.7 Å². The van der Waals surface area contributed by atoms with Crippen molar-refractivity contribution in [2.45, 2.75) is 18.0 Å². The van der Waals surface area contributed by atoms with Crippen LogP contribution in [0.25, 0.3) is 0 Å². The number of hydrogen-bond donors (Lipinski definition) is 1. The summed E-state index contributed by atoms with van der Waals surface area (Å²) in [5, 5.41) is 4.50. The number of nitrogens with zero attached hydrogens (tertiary/aromatic N) is 1. The number of aromatic nitrogens is 1. The molecule has 0 aliphatic carbocycles. The third kappa shape index (κ3) is 4.54. The van der Waals surface area contributed by atoms with Gasteiger partial charge in [-0.1, -0.05) is 41.6 Å². The number of hydrogen-bond acceptors (Lipinski definition) is 3. The highest BCUT2D eigenvalue weighted by molar-refractivity contribution is 7.99. The molecule has 0 aliphatic heterocycles. The smallest absolute Gasteiger partial charge is 0.230 e. The van der Waals surface area contributed by atoms with E-state index in [1.165, 1.54) is 11.8 Å². The van der Waals surface area contributed by atoms with Crippen molar-refractivity contribution < 1.29 is 4.79 Å². The van der Waals surface area contributed by atoms with Crippen molar-refractivity contribution in [3.05, 3.63) is 59.2 Å². The number of thioether (sulfide) groups is 1. The average molecular weight is 307 g/mol. The van der Waals surface area contributed by atoms with E-state index in [2.05, 4.69) is 10.3 Å². The molecule has 0 spiro atoms. The molecular weight excluding hydrogens is 292 g/mol. The molecule has 5 heteroatoms. The fourth-order valence-corrected chi connectivity index (χ4v) is 2.49. The van der Waals surface area contributed by atoms with Gasteiger partial charge in [0.2, 0.25) is 5.91 Å². The van der Waals surface area contributed by atoms with Crippen LogP contribution in [0.3, 0.4) is 0 Å². The molecule has 1 aromatic carbocycles. The number of carbonyl (C=O) groups excluding carboxylic acids is 1. The summed E-state index contributed by atoms with van der Waals surface area (Å²) < 4.78 is 0. The molecule has 1 aromatic heterocycles. The highest BCUT2D eigenvalue weighted by Gasteiger charge is 2.10. The number of pyridine rings is 1. The van der Waals surface area contributed by atoms with Gasteiger partial charge in [-0.15, -0.1) is 0 Å². The van der Waals surface area contributed by atoms with Gasteiger partial charge in [0.1, 0.15) is 0 Å². The Labute approximate surface area is 127 Å². The van der Waals surface area contributed by atoms with E-state index in [0.29, 0.717) is 10.8 Å². The molecule has 0 radical (unpaired) electrons. The number of amides is 1. The molecule has 1 heterocycles. The lowest BCUT2D eigenvalue weighted by molar-refractivity contribution is -0.119. The monoisotopic (exact) mass is 306 g/mol. The Morgan fingerprint density at radius 2 is 2.05 bits per heavy atom. The lowest BCUT2D eigenvalue weighted by Gasteiger charge is -2.14. The van der Waals surface area contributed by atoms with Gasteiger partial charge in [0.15, 0.2) is 0 Å². The van der Waals surface area contributed by atoms with Gasteiger partial charge in [-0.3, -0.25) is 4.79 Å². The van der Waals surface area contributed by atoms with Crippen LogP contribution in [0, 0.1) is 0 Å². The molecule has 2 aromatic rings. The van der Waals surface area contributed by atoms with Gasteiger partial charge < -0.3 is 5.32 Å². The first-order valence-electron chi connectivity index (χ1n) is 6.24. The number of carbonyl (C=O) groups is 1. The maximum absolute atomic E-state index is 11.9. The Morgan fingerprint density at radius 1 is 1.30 bits per heavy atom. The summed E-state index contributed by atoms with van der Waals surface area (Å²) in [5.74, 6) is 0.345. The summed E-state index contributed by atoms with van der Waals surface area (Å²) in [6.07, 6.45) is 1.72. The van der Waals surface area contributed by atoms with Crippen LogP contribution < -0.4 is 5.32 Å². The van der Waals surface area contributed by atoms with Crippen LogP contribution in [0.1, 0.15) is 18.5 Å². The van der Waals surface area contributed by atoms with E-state index in [-0.39, 0.29) is 11.9 Å². The molecule has 2 rings (SSSR count). The number of halogens is 1. The highest BCUT2D eigenvalue weighted by atomic mass is 35.5. The maximum atomic E-state index is 11.9. The fraction of sp³-hybridized carbons (Fsp3) is 0.200. The summed E-state index contributed by atoms with van der Waals surface area (Å²) >= 11 is 7.27. The Bertz CT molecular complexity index is 560. The van der Waals surface area contributed by atoms with Gasteiger partial charge in [-0.25, -0.2) is 4.98 Å². The predicted octanol–water partition coefficient (Wildman–Crippen LogP) is 3.70. The molecule has 1 atom stereocenters. The second-order valence-corrected chi connectivity index (χ2v) is 5.73. The summed E-state index contributed by atoms with van der Waals surface area (Å²) in [6, 6.07) is 13.1. The van der Waals surface area contributed by atoms with Crippen molar-refractivity contribution in [3.63, 3.8) is 0 Å². The molecule has 0 fully saturated rings. The molecule has 0 saturated carbocycles. The fourth-order valence-electron chi connectivity index (χ4n) is 1.69. The largest absolute Gasteiger partial charge is 0.349 e. The van der Waals surface area contributed by atoms with Crippen LogP contribution >= 0.6 is 23.4 Å². The van der Waals surface area contributed by atoms with Crippen LogP contribution in [0.2, 0.25) is 5.02 Å². The summed E-state index contributed by atoms with van der Waals surface area (Å²) in [7, 11) is 0. The summed E-state index contributed by atoms with van der Waals surface area (Å²) in [5.41, 5.74) is 1.03. The summed E-state index contributed by atoms with van der Waals surface area (Å²) in [6.45, 7) is 1.95. The third-order valence-corrected chi connectivity index (χ3v) is 3.93. The zero-order chi connectivity index (χ0) is 14.4. The Hall–Kier alpha value is -1.52. The zero-order valence-electron chi connectivity index (χ0n) is 11.0. The van der Waals surface area contributed by atoms with E-state index in [0.717, 1.165) is 10.6 Å². The third-order valence-electron chi connectivity index (χ3n) is 2.74. The molecule has 1 amide bonds. The molecular formula is C15H15ClN2OS. The standard InChI is InChI=1S/C15H15ClN2OS/c1-11(12-5-7-13(16)8-6-12)18-14(19)10-20-15-4-2-3-9-17-15/h2-9,11H,10H2,1H3,(H,18,19). The first-order chi connectivity index (χ1) is 9.65. The van der Waals surface area contributed by atoms with E-state index in [1.54, 1.807) is 6.20 Å². The Kier molecular flexibility index (Phi) is 5.44. The second kappa shape index (κ2) is 7.31. The summed E-state index contributed by atoms with van der Waals surface area (Å²) in [4.78, 5) is 16.0. The van der Waals surface area contributed by atoms with E-state index in [9.17, 15) is 4.79 Å². The molecule has 20 heavy (non-hydrogen) atoms. The first-order valence-corrected chi connectivity index (χ1v) is 7.60. The second-order valence-electron chi connectivity index (χ2n) is 4.30. The maximum Gasteiger partial charge on any atom is 0.230 e. The zero-order valence-corrected chi connectivity index (χ0v) is 12.6. The Balaban J connectivity index is 1.83. The van der Waals surface area contributed by atoms with Crippen molar-refractivity contribution in [2.75, 3.05) is 5.75 Å². The number of benzene rings is 1. The van der Waals surface area contributed by atoms with Crippen molar-refractivity contribution >= 4 is 29.3 Å². The van der Waals surface area contributed by atoms with Crippen molar-refractivity contribution in [1.29, 1.82) is 0 Å². The van der Waals surface area contributed by atoms with Gasteiger partial charge in [-0.05, 0) is 36.8 Å². The van der Waals surface area contributed by atoms with E-state index in [4.69, 9.17) is 11.6 Å². The molecule has 3 nitrogen and oxygen atoms in total. The molecule has 1 unspecified atom stereocenters. The minimum atomic E-state index is -0.0379. The van der Waals surface area contributed by atoms with Crippen molar-refractivity contribution in [1.82, 2.24) is 10.3 Å². The van der Waals surface area contributed by atoms with Crippen LogP contribution in [0.5, 0.6) is 0 Å². The normalized spacial score (nSPS) is 11.9. The minimum Gasteiger partial charge on any atom is -0.349 e. The van der Waals surface area contributed by atoms with E-state index >= 15 is 0 Å². The topological polar surface area (TPSA) is 42.0 Å². The van der Waals surface area contributed by atoms with Gasteiger partial charge in [-0.2, -0.15) is 0 Å². The molecule has 0 saturated heterocycles. The molecule has 104 valence electrons. The molecule has 1 N–H and O–H groups in total.